The highest BCUT2D eigenvalue weighted by atomic mass is 32.8. The molecule has 0 N–H and O–H groups in total. The third-order valence-corrected chi connectivity index (χ3v) is 9.37. The summed E-state index contributed by atoms with van der Waals surface area (Å²) in [7, 11) is -6.77. The Morgan fingerprint density at radius 1 is 1.22 bits per heavy atom. The fourth-order valence-corrected chi connectivity index (χ4v) is 7.39. The second-order valence-corrected chi connectivity index (χ2v) is 11.0. The first-order valence-electron chi connectivity index (χ1n) is 8.07. The van der Waals surface area contributed by atoms with Crippen molar-refractivity contribution in [3.8, 4) is 0 Å². The molecule has 0 heterocycles. The van der Waals surface area contributed by atoms with Gasteiger partial charge in [0.25, 0.3) is 0 Å². The van der Waals surface area contributed by atoms with Crippen LogP contribution in [-0.4, -0.2) is 42.1 Å². The van der Waals surface area contributed by atoms with Crippen LogP contribution in [0, 0.1) is 0 Å². The van der Waals surface area contributed by atoms with E-state index >= 15 is 0 Å². The summed E-state index contributed by atoms with van der Waals surface area (Å²) in [4.78, 5) is 0. The highest BCUT2D eigenvalue weighted by Crippen LogP contribution is 2.39. The Labute approximate surface area is 146 Å². The first kappa shape index (κ1) is 21.0. The predicted molar refractivity (Wildman–Crippen MR) is 96.4 cm³/mol. The molecule has 5 nitrogen and oxygen atoms in total. The van der Waals surface area contributed by atoms with Gasteiger partial charge in [-0.2, -0.15) is 0 Å². The zero-order valence-electron chi connectivity index (χ0n) is 14.3. The number of hydrogen-bond acceptors (Lipinski definition) is 6. The van der Waals surface area contributed by atoms with Gasteiger partial charge in [0.1, 0.15) is 0 Å². The molecule has 0 saturated heterocycles. The maximum Gasteiger partial charge on any atom is 0.533 e. The summed E-state index contributed by atoms with van der Waals surface area (Å²) in [5.41, 5.74) is 0. The van der Waals surface area contributed by atoms with E-state index in [2.05, 4.69) is 0 Å². The Bertz CT molecular complexity index is 527. The van der Waals surface area contributed by atoms with Crippen LogP contribution in [0.15, 0.2) is 23.4 Å². The summed E-state index contributed by atoms with van der Waals surface area (Å²) in [5.74, 6) is 0. The van der Waals surface area contributed by atoms with Gasteiger partial charge in [0.05, 0.1) is 4.75 Å². The van der Waals surface area contributed by atoms with E-state index in [0.717, 1.165) is 11.6 Å². The van der Waals surface area contributed by atoms with Crippen LogP contribution in [0.1, 0.15) is 47.0 Å². The van der Waals surface area contributed by atoms with Crippen LogP contribution in [0.4, 0.5) is 0 Å². The molecule has 134 valence electrons. The fraction of sp³-hybridized carbons (Fsp3) is 0.733. The monoisotopic (exact) mass is 379 g/mol. The molecule has 0 aromatic carbocycles. The van der Waals surface area contributed by atoms with E-state index < -0.39 is 22.3 Å². The lowest BCUT2D eigenvalue weighted by molar-refractivity contribution is 0.0793. The molecule has 0 bridgehead atoms. The normalized spacial score (nSPS) is 24.3. The molecule has 2 unspecified atom stereocenters. The van der Waals surface area contributed by atoms with Crippen molar-refractivity contribution in [3.63, 3.8) is 0 Å². The van der Waals surface area contributed by atoms with E-state index in [-0.39, 0.29) is 6.42 Å². The Morgan fingerprint density at radius 2 is 1.74 bits per heavy atom. The summed E-state index contributed by atoms with van der Waals surface area (Å²) in [6.45, 7) is 8.90. The summed E-state index contributed by atoms with van der Waals surface area (Å²) in [6, 6.07) is 0. The van der Waals surface area contributed by atoms with Crippen LogP contribution in [-0.2, 0) is 33.2 Å². The average Bonchev–Trinajstić information content (AvgIpc) is 2.47. The van der Waals surface area contributed by atoms with Crippen molar-refractivity contribution in [2.75, 3.05) is 19.8 Å². The Morgan fingerprint density at radius 3 is 2.13 bits per heavy atom. The van der Waals surface area contributed by atoms with Gasteiger partial charge < -0.3 is 17.8 Å². The first-order chi connectivity index (χ1) is 10.8. The van der Waals surface area contributed by atoms with Gasteiger partial charge in [-0.3, -0.25) is 4.21 Å². The van der Waals surface area contributed by atoms with E-state index in [1.165, 1.54) is 0 Å². The number of hydrogen-bond donors (Lipinski definition) is 0. The Kier molecular flexibility index (Phi) is 8.05. The van der Waals surface area contributed by atoms with E-state index in [1.807, 2.05) is 33.8 Å². The molecule has 1 rings (SSSR count). The quantitative estimate of drug-likeness (QED) is 0.544. The highest BCUT2D eigenvalue weighted by Gasteiger charge is 2.49. The van der Waals surface area contributed by atoms with Crippen molar-refractivity contribution >= 4 is 28.8 Å². The zero-order valence-corrected chi connectivity index (χ0v) is 17.0. The molecule has 2 atom stereocenters. The van der Waals surface area contributed by atoms with Gasteiger partial charge in [-0.15, -0.1) is 0 Å². The van der Waals surface area contributed by atoms with Gasteiger partial charge in [0.15, 0.2) is 0 Å². The minimum atomic E-state index is -3.68. The van der Waals surface area contributed by atoms with Gasteiger partial charge in [0.2, 0.25) is 0 Å². The van der Waals surface area contributed by atoms with E-state index in [0.29, 0.717) is 26.2 Å². The molecule has 0 saturated carbocycles. The number of rotatable bonds is 10. The van der Waals surface area contributed by atoms with E-state index in [4.69, 9.17) is 24.5 Å². The molecule has 8 heteroatoms. The van der Waals surface area contributed by atoms with Gasteiger partial charge in [-0.1, -0.05) is 31.6 Å². The summed E-state index contributed by atoms with van der Waals surface area (Å²) >= 11 is 4.84. The SMILES string of the molecule is CCCC1(S(=O)([O-])=S)C=CC=C([Si](OCC)(OCC)OCC)C1. The Hall–Kier alpha value is -0.0931. The lowest BCUT2D eigenvalue weighted by Gasteiger charge is -2.41. The van der Waals surface area contributed by atoms with Crippen molar-refractivity contribution in [1.82, 2.24) is 0 Å². The molecule has 0 radical (unpaired) electrons. The van der Waals surface area contributed by atoms with Crippen LogP contribution >= 0.6 is 0 Å². The van der Waals surface area contributed by atoms with Crippen molar-refractivity contribution in [2.45, 2.75) is 51.7 Å². The van der Waals surface area contributed by atoms with Crippen LogP contribution in [0.2, 0.25) is 0 Å². The van der Waals surface area contributed by atoms with Gasteiger partial charge in [0, 0.05) is 25.0 Å². The van der Waals surface area contributed by atoms with Crippen molar-refractivity contribution in [2.24, 2.45) is 0 Å². The summed E-state index contributed by atoms with van der Waals surface area (Å²) in [6.07, 6.45) is 6.78. The molecule has 0 spiro atoms. The third kappa shape index (κ3) is 4.72. The summed E-state index contributed by atoms with van der Waals surface area (Å²) in [5, 5.41) is 0.785. The zero-order chi connectivity index (χ0) is 17.6. The van der Waals surface area contributed by atoms with Crippen LogP contribution in [0.5, 0.6) is 0 Å². The van der Waals surface area contributed by atoms with E-state index in [9.17, 15) is 8.76 Å². The molecule has 23 heavy (non-hydrogen) atoms. The van der Waals surface area contributed by atoms with Crippen molar-refractivity contribution in [1.29, 1.82) is 0 Å². The minimum Gasteiger partial charge on any atom is -0.769 e. The van der Waals surface area contributed by atoms with E-state index in [1.54, 1.807) is 12.2 Å². The van der Waals surface area contributed by atoms with Gasteiger partial charge >= 0.3 is 8.80 Å². The maximum absolute atomic E-state index is 12.3. The summed E-state index contributed by atoms with van der Waals surface area (Å²) < 4.78 is 41.2. The molecule has 1 aliphatic carbocycles. The molecule has 0 aromatic rings. The molecule has 0 amide bonds. The number of allylic oxidation sites excluding steroid dienone is 3. The molecule has 0 fully saturated rings. The smallest absolute Gasteiger partial charge is 0.533 e. The molecular weight excluding hydrogens is 352 g/mol. The largest absolute Gasteiger partial charge is 0.769 e. The molecule has 1 aliphatic rings. The predicted octanol–water partition coefficient (Wildman–Crippen LogP) is 2.88. The standard InChI is InChI=1S/C15H28O5S2Si/c1-5-11-15(22(16,17)21)12-9-10-14(13-15)23(18-6-2,19-7-3)20-8-4/h9-10,12H,5-8,11,13H2,1-4H3,(H,16,17,21)/p-1. The lowest BCUT2D eigenvalue weighted by Crippen LogP contribution is -2.52. The maximum atomic E-state index is 12.3. The average molecular weight is 380 g/mol. The second kappa shape index (κ2) is 8.84. The van der Waals surface area contributed by atoms with Gasteiger partial charge in [-0.05, 0) is 53.6 Å². The molecule has 0 aromatic heterocycles. The Balaban J connectivity index is 3.29. The van der Waals surface area contributed by atoms with Crippen LogP contribution in [0.25, 0.3) is 0 Å². The van der Waals surface area contributed by atoms with Crippen molar-refractivity contribution < 1.29 is 22.0 Å². The van der Waals surface area contributed by atoms with Crippen LogP contribution in [0.3, 0.4) is 0 Å². The minimum absolute atomic E-state index is 0.273. The fourth-order valence-electron chi connectivity index (χ4n) is 2.85. The second-order valence-electron chi connectivity index (χ2n) is 5.35. The van der Waals surface area contributed by atoms with Crippen LogP contribution < -0.4 is 0 Å². The highest BCUT2D eigenvalue weighted by molar-refractivity contribution is 8.30. The molecule has 0 aliphatic heterocycles. The molecular formula is C15H27O5S2Si-. The van der Waals surface area contributed by atoms with Crippen molar-refractivity contribution in [3.05, 3.63) is 23.4 Å². The first-order valence-corrected chi connectivity index (χ1v) is 12.2. The topological polar surface area (TPSA) is 67.8 Å². The third-order valence-electron chi connectivity index (χ3n) is 3.75. The lowest BCUT2D eigenvalue weighted by atomic mass is 9.94. The van der Waals surface area contributed by atoms with Gasteiger partial charge in [-0.25, -0.2) is 0 Å².